The zero-order valence-corrected chi connectivity index (χ0v) is 32.8. The van der Waals surface area contributed by atoms with Gasteiger partial charge in [0.15, 0.2) is 6.23 Å². The highest BCUT2D eigenvalue weighted by Crippen LogP contribution is 2.49. The normalized spacial score (nSPS) is 13.0. The van der Waals surface area contributed by atoms with Crippen molar-refractivity contribution in [3.63, 3.8) is 0 Å². The zero-order valence-electron chi connectivity index (χ0n) is 32.8. The molecule has 0 spiro atoms. The molecule has 1 unspecified atom stereocenters. The molecule has 1 aliphatic rings. The lowest BCUT2D eigenvalue weighted by Crippen LogP contribution is -2.29. The summed E-state index contributed by atoms with van der Waals surface area (Å²) in [6, 6.07) is 61.4. The highest BCUT2D eigenvalue weighted by atomic mass is 16.3. The van der Waals surface area contributed by atoms with Crippen molar-refractivity contribution in [2.24, 2.45) is 0 Å². The predicted octanol–water partition coefficient (Wildman–Crippen LogP) is 11.6. The van der Waals surface area contributed by atoms with Crippen LogP contribution in [0, 0.1) is 45.3 Å². The van der Waals surface area contributed by atoms with Gasteiger partial charge >= 0.3 is 0 Å². The molecule has 0 bridgehead atoms. The second kappa shape index (κ2) is 15.0. The Labute approximate surface area is 356 Å². The van der Waals surface area contributed by atoms with Crippen molar-refractivity contribution in [2.75, 3.05) is 4.90 Å². The van der Waals surface area contributed by atoms with Gasteiger partial charge in [0.25, 0.3) is 5.91 Å². The molecule has 1 aliphatic heterocycles. The lowest BCUT2D eigenvalue weighted by atomic mass is 9.95. The molecule has 9 aromatic rings. The number of nitrogens with zero attached hydrogens (tertiary/aromatic N) is 6. The Morgan fingerprint density at radius 3 is 1.42 bits per heavy atom. The number of hydrogen-bond donors (Lipinski definition) is 1. The quantitative estimate of drug-likeness (QED) is 0.178. The van der Waals surface area contributed by atoms with Crippen molar-refractivity contribution in [3.8, 4) is 74.5 Å². The molecule has 1 atom stereocenters. The number of hydrogen-bond acceptors (Lipinski definition) is 6. The molecule has 1 amide bonds. The minimum absolute atomic E-state index is 0.283. The van der Waals surface area contributed by atoms with Crippen LogP contribution in [-0.2, 0) is 0 Å². The molecule has 10 rings (SSSR count). The topological polar surface area (TPSA) is 141 Å². The molecule has 2 heterocycles. The summed E-state index contributed by atoms with van der Waals surface area (Å²) in [5.41, 5.74) is 10.2. The van der Waals surface area contributed by atoms with E-state index in [1.54, 1.807) is 42.5 Å². The number of aliphatic hydroxyl groups is 1. The Balaban J connectivity index is 1.31. The summed E-state index contributed by atoms with van der Waals surface area (Å²) in [6.45, 7) is 0. The van der Waals surface area contributed by atoms with Gasteiger partial charge in [0.1, 0.15) is 0 Å². The van der Waals surface area contributed by atoms with Crippen molar-refractivity contribution in [3.05, 3.63) is 203 Å². The van der Waals surface area contributed by atoms with Gasteiger partial charge in [0, 0.05) is 49.7 Å². The number of amides is 1. The Kier molecular flexibility index (Phi) is 8.98. The van der Waals surface area contributed by atoms with E-state index < -0.39 is 12.1 Å². The summed E-state index contributed by atoms with van der Waals surface area (Å²) in [5, 5.41) is 54.5. The van der Waals surface area contributed by atoms with Gasteiger partial charge in [-0.15, -0.1) is 0 Å². The molecular weight excluding hydrogens is 765 g/mol. The fourth-order valence-corrected chi connectivity index (χ4v) is 8.96. The van der Waals surface area contributed by atoms with Crippen LogP contribution in [0.3, 0.4) is 0 Å². The molecule has 288 valence electrons. The first-order chi connectivity index (χ1) is 30.4. The van der Waals surface area contributed by atoms with Crippen LogP contribution in [0.25, 0.3) is 72.0 Å². The number of carbonyl (C=O) groups excluding carboxylic acids is 1. The van der Waals surface area contributed by atoms with Crippen molar-refractivity contribution in [1.82, 2.24) is 4.57 Å². The molecule has 0 aliphatic carbocycles. The molecule has 0 saturated carbocycles. The van der Waals surface area contributed by atoms with Crippen LogP contribution in [0.5, 0.6) is 0 Å². The lowest BCUT2D eigenvalue weighted by Gasteiger charge is -2.27. The van der Waals surface area contributed by atoms with E-state index in [1.807, 2.05) is 132 Å². The second-order valence-corrected chi connectivity index (χ2v) is 14.9. The number of carbonyl (C=O) groups is 1. The molecular formula is C54H30N6O2. The second-order valence-electron chi connectivity index (χ2n) is 14.9. The minimum Gasteiger partial charge on any atom is -0.369 e. The first-order valence-electron chi connectivity index (χ1n) is 19.8. The van der Waals surface area contributed by atoms with Crippen molar-refractivity contribution >= 4 is 33.4 Å². The summed E-state index contributed by atoms with van der Waals surface area (Å²) in [4.78, 5) is 17.1. The van der Waals surface area contributed by atoms with Gasteiger partial charge in [0.2, 0.25) is 0 Å². The van der Waals surface area contributed by atoms with Gasteiger partial charge in [-0.3, -0.25) is 9.69 Å². The minimum atomic E-state index is -1.37. The number of nitriles is 4. The summed E-state index contributed by atoms with van der Waals surface area (Å²) in [5.74, 6) is -0.416. The Hall–Kier alpha value is -9.05. The summed E-state index contributed by atoms with van der Waals surface area (Å²) < 4.78 is 2.00. The Bertz CT molecular complexity index is 3320. The van der Waals surface area contributed by atoms with E-state index in [0.717, 1.165) is 33.0 Å². The standard InChI is InChI=1S/C54H30N6O2/c55-29-33-23-25-39(37(27-33)31-57)43-17-8-19-45-46-20-9-18-44(40-26-24-34(30-56)28-38(40)32-58)52(46)59(51(43)45)48-22-10-21-47-49(48)54(62)60(53(47)61)50-41(35-11-3-1-4-12-35)15-7-16-42(50)36-13-5-2-6-14-36/h1-28,53,61H. The average Bonchev–Trinajstić information content (AvgIpc) is 3.81. The molecule has 8 aromatic carbocycles. The highest BCUT2D eigenvalue weighted by Gasteiger charge is 2.41. The van der Waals surface area contributed by atoms with Gasteiger partial charge in [-0.25, -0.2) is 0 Å². The van der Waals surface area contributed by atoms with E-state index in [4.69, 9.17) is 0 Å². The molecule has 1 N–H and O–H groups in total. The van der Waals surface area contributed by atoms with Gasteiger partial charge in [-0.05, 0) is 41.5 Å². The SMILES string of the molecule is N#Cc1ccc(-c2cccc3c4cccc(-c5ccc(C#N)cc5C#N)c4n(-c4cccc5c4C(=O)N(c4c(-c6ccccc6)cccc4-c4ccccc4)C5O)c23)c(C#N)c1. The van der Waals surface area contributed by atoms with Crippen molar-refractivity contribution in [1.29, 1.82) is 21.0 Å². The van der Waals surface area contributed by atoms with Crippen LogP contribution in [-0.4, -0.2) is 15.6 Å². The number of anilines is 1. The summed E-state index contributed by atoms with van der Waals surface area (Å²) in [7, 11) is 0. The van der Waals surface area contributed by atoms with Crippen molar-refractivity contribution < 1.29 is 9.90 Å². The van der Waals surface area contributed by atoms with Crippen LogP contribution in [0.1, 0.15) is 44.4 Å². The molecule has 62 heavy (non-hydrogen) atoms. The van der Waals surface area contributed by atoms with E-state index in [9.17, 15) is 26.2 Å². The third-order valence-corrected chi connectivity index (χ3v) is 11.6. The first-order valence-corrected chi connectivity index (χ1v) is 19.8. The van der Waals surface area contributed by atoms with E-state index >= 15 is 4.79 Å². The van der Waals surface area contributed by atoms with E-state index in [0.29, 0.717) is 72.5 Å². The summed E-state index contributed by atoms with van der Waals surface area (Å²) >= 11 is 0. The number of fused-ring (bicyclic) bond motifs is 4. The first kappa shape index (κ1) is 37.2. The van der Waals surface area contributed by atoms with Gasteiger partial charge in [-0.1, -0.05) is 140 Å². The Morgan fingerprint density at radius 2 is 0.935 bits per heavy atom. The molecule has 0 radical (unpaired) electrons. The maximum Gasteiger partial charge on any atom is 0.263 e. The third-order valence-electron chi connectivity index (χ3n) is 11.6. The van der Waals surface area contributed by atoms with Gasteiger partial charge in [-0.2, -0.15) is 21.0 Å². The maximum absolute atomic E-state index is 15.6. The number of aromatic nitrogens is 1. The highest BCUT2D eigenvalue weighted by molar-refractivity contribution is 6.21. The molecule has 0 fully saturated rings. The van der Waals surface area contributed by atoms with Gasteiger partial charge < -0.3 is 9.67 Å². The van der Waals surface area contributed by atoms with Crippen molar-refractivity contribution in [2.45, 2.75) is 6.23 Å². The third kappa shape index (κ3) is 5.73. The summed E-state index contributed by atoms with van der Waals surface area (Å²) in [6.07, 6.45) is -1.37. The smallest absolute Gasteiger partial charge is 0.263 e. The van der Waals surface area contributed by atoms with Crippen LogP contribution in [0.15, 0.2) is 170 Å². The van der Waals surface area contributed by atoms with Crippen LogP contribution in [0.4, 0.5) is 5.69 Å². The fourth-order valence-electron chi connectivity index (χ4n) is 8.96. The Morgan fingerprint density at radius 1 is 0.468 bits per heavy atom. The van der Waals surface area contributed by atoms with Crippen LogP contribution < -0.4 is 4.90 Å². The fraction of sp³-hybridized carbons (Fsp3) is 0.0185. The number of benzene rings is 8. The average molecular weight is 795 g/mol. The lowest BCUT2D eigenvalue weighted by molar-refractivity contribution is 0.0935. The van der Waals surface area contributed by atoms with E-state index in [-0.39, 0.29) is 5.56 Å². The molecule has 0 saturated heterocycles. The molecule has 1 aromatic heterocycles. The number of aliphatic hydroxyl groups excluding tert-OH is 1. The molecule has 8 heteroatoms. The molecule has 8 nitrogen and oxygen atoms in total. The van der Waals surface area contributed by atoms with Crippen LogP contribution in [0.2, 0.25) is 0 Å². The monoisotopic (exact) mass is 794 g/mol. The number of para-hydroxylation sites is 3. The van der Waals surface area contributed by atoms with Gasteiger partial charge in [0.05, 0.1) is 74.5 Å². The van der Waals surface area contributed by atoms with E-state index in [1.165, 1.54) is 4.90 Å². The van der Waals surface area contributed by atoms with E-state index in [2.05, 4.69) is 24.3 Å². The maximum atomic E-state index is 15.6. The largest absolute Gasteiger partial charge is 0.369 e. The zero-order chi connectivity index (χ0) is 42.5. The van der Waals surface area contributed by atoms with Crippen LogP contribution >= 0.6 is 0 Å². The number of rotatable bonds is 6. The predicted molar refractivity (Wildman–Crippen MR) is 240 cm³/mol.